The molecule has 0 saturated heterocycles. The Kier molecular flexibility index (Phi) is 12.3. The van der Waals surface area contributed by atoms with Crippen LogP contribution in [0.5, 0.6) is 5.75 Å². The molecule has 0 spiro atoms. The predicted molar refractivity (Wildman–Crippen MR) is 126 cm³/mol. The van der Waals surface area contributed by atoms with E-state index in [-0.39, 0.29) is 34.8 Å². The molecule has 1 rings (SSSR count). The molecule has 7 heteroatoms. The van der Waals surface area contributed by atoms with Crippen LogP contribution in [0.4, 0.5) is 0 Å². The molecule has 0 amide bonds. The third-order valence-corrected chi connectivity index (χ3v) is 5.31. The Labute approximate surface area is 180 Å². The van der Waals surface area contributed by atoms with Gasteiger partial charge in [0.05, 0.1) is 19.7 Å². The van der Waals surface area contributed by atoms with Gasteiger partial charge >= 0.3 is 0 Å². The molecule has 26 heavy (non-hydrogen) atoms. The number of halogens is 1. The summed E-state index contributed by atoms with van der Waals surface area (Å²) in [5, 5.41) is 6.82. The summed E-state index contributed by atoms with van der Waals surface area (Å²) in [5.74, 6) is 1.74. The molecular weight excluding hydrogens is 459 g/mol. The molecule has 0 aliphatic rings. The Morgan fingerprint density at radius 3 is 2.54 bits per heavy atom. The van der Waals surface area contributed by atoms with Gasteiger partial charge in [0.25, 0.3) is 0 Å². The lowest BCUT2D eigenvalue weighted by molar-refractivity contribution is 0.297. The smallest absolute Gasteiger partial charge is 0.191 e. The maximum Gasteiger partial charge on any atom is 0.191 e. The Morgan fingerprint density at radius 2 is 2.00 bits per heavy atom. The van der Waals surface area contributed by atoms with Crippen molar-refractivity contribution < 1.29 is 4.74 Å². The summed E-state index contributed by atoms with van der Waals surface area (Å²) in [6.07, 6.45) is 2.13. The summed E-state index contributed by atoms with van der Waals surface area (Å²) in [6.45, 7) is 8.90. The van der Waals surface area contributed by atoms with Crippen LogP contribution in [-0.2, 0) is 0 Å². The minimum Gasteiger partial charge on any atom is -0.497 e. The lowest BCUT2D eigenvalue weighted by Gasteiger charge is -2.27. The quantitative estimate of drug-likeness (QED) is 0.312. The summed E-state index contributed by atoms with van der Waals surface area (Å²) in [6, 6.07) is 8.46. The van der Waals surface area contributed by atoms with E-state index in [0.29, 0.717) is 0 Å². The van der Waals surface area contributed by atoms with E-state index in [4.69, 9.17) is 9.73 Å². The van der Waals surface area contributed by atoms with E-state index < -0.39 is 0 Å². The molecule has 0 bridgehead atoms. The average molecular weight is 494 g/mol. The Morgan fingerprint density at radius 1 is 1.31 bits per heavy atom. The first kappa shape index (κ1) is 25.3. The van der Waals surface area contributed by atoms with Crippen molar-refractivity contribution in [1.82, 2.24) is 15.5 Å². The summed E-state index contributed by atoms with van der Waals surface area (Å²) < 4.78 is 5.49. The van der Waals surface area contributed by atoms with Crippen LogP contribution in [0.3, 0.4) is 0 Å². The van der Waals surface area contributed by atoms with Crippen molar-refractivity contribution in [3.63, 3.8) is 0 Å². The number of rotatable bonds is 9. The molecule has 150 valence electrons. The molecule has 0 radical (unpaired) electrons. The number of hydrogen-bond donors (Lipinski definition) is 2. The third kappa shape index (κ3) is 8.81. The van der Waals surface area contributed by atoms with Gasteiger partial charge in [-0.3, -0.25) is 4.99 Å². The van der Waals surface area contributed by atoms with Gasteiger partial charge in [0.2, 0.25) is 0 Å². The van der Waals surface area contributed by atoms with Gasteiger partial charge in [-0.15, -0.1) is 24.0 Å². The number of aliphatic imine (C=N–C) groups is 1. The number of thioether (sulfide) groups is 1. The van der Waals surface area contributed by atoms with E-state index in [2.05, 4.69) is 68.8 Å². The SMILES string of the molecule is CCNC(=NCC(C)(C)SC)NCC(c1cccc(OC)c1)N(C)C.I. The van der Waals surface area contributed by atoms with E-state index in [1.165, 1.54) is 5.56 Å². The first-order chi connectivity index (χ1) is 11.8. The van der Waals surface area contributed by atoms with Crippen LogP contribution in [0.1, 0.15) is 32.4 Å². The fourth-order valence-electron chi connectivity index (χ4n) is 2.32. The van der Waals surface area contributed by atoms with Crippen molar-refractivity contribution in [2.24, 2.45) is 4.99 Å². The summed E-state index contributed by atoms with van der Waals surface area (Å²) >= 11 is 1.83. The molecule has 1 aromatic rings. The number of ether oxygens (including phenoxy) is 1. The summed E-state index contributed by atoms with van der Waals surface area (Å²) in [7, 11) is 5.88. The minimum absolute atomic E-state index is 0. The van der Waals surface area contributed by atoms with Crippen LogP contribution in [0.2, 0.25) is 0 Å². The second-order valence-electron chi connectivity index (χ2n) is 6.80. The molecule has 1 unspecified atom stereocenters. The number of likely N-dealkylation sites (N-methyl/N-ethyl adjacent to an activating group) is 1. The van der Waals surface area contributed by atoms with Crippen LogP contribution >= 0.6 is 35.7 Å². The van der Waals surface area contributed by atoms with Crippen LogP contribution < -0.4 is 15.4 Å². The highest BCUT2D eigenvalue weighted by molar-refractivity contribution is 14.0. The van der Waals surface area contributed by atoms with Crippen molar-refractivity contribution in [3.8, 4) is 5.75 Å². The summed E-state index contributed by atoms with van der Waals surface area (Å²) in [5.41, 5.74) is 1.22. The number of guanidine groups is 1. The van der Waals surface area contributed by atoms with Gasteiger partial charge in [-0.05, 0) is 58.8 Å². The number of benzene rings is 1. The van der Waals surface area contributed by atoms with Crippen LogP contribution in [0, 0.1) is 0 Å². The second kappa shape index (κ2) is 12.7. The standard InChI is InChI=1S/C19H34N4OS.HI/c1-8-20-18(22-14-19(2,3)25-7)21-13-17(23(4)5)15-10-9-11-16(12-15)24-6;/h9-12,17H,8,13-14H2,1-7H3,(H2,20,21,22);1H. The molecule has 0 aromatic heterocycles. The van der Waals surface area contributed by atoms with E-state index in [9.17, 15) is 0 Å². The van der Waals surface area contributed by atoms with Crippen molar-refractivity contribution in [3.05, 3.63) is 29.8 Å². The topological polar surface area (TPSA) is 48.9 Å². The highest BCUT2D eigenvalue weighted by Crippen LogP contribution is 2.22. The largest absolute Gasteiger partial charge is 0.497 e. The molecule has 0 saturated carbocycles. The molecule has 0 aliphatic heterocycles. The molecule has 0 fully saturated rings. The van der Waals surface area contributed by atoms with E-state index in [0.717, 1.165) is 31.3 Å². The van der Waals surface area contributed by atoms with Crippen LogP contribution in [0.15, 0.2) is 29.3 Å². The number of nitrogens with zero attached hydrogens (tertiary/aromatic N) is 2. The predicted octanol–water partition coefficient (Wildman–Crippen LogP) is 3.61. The third-order valence-electron chi connectivity index (χ3n) is 4.08. The van der Waals surface area contributed by atoms with Gasteiger partial charge in [0.15, 0.2) is 5.96 Å². The number of nitrogens with one attached hydrogen (secondary N) is 2. The van der Waals surface area contributed by atoms with Crippen LogP contribution in [0.25, 0.3) is 0 Å². The molecule has 1 aromatic carbocycles. The van der Waals surface area contributed by atoms with Crippen LogP contribution in [-0.4, -0.2) is 62.7 Å². The van der Waals surface area contributed by atoms with Gasteiger partial charge in [-0.25, -0.2) is 0 Å². The lowest BCUT2D eigenvalue weighted by Crippen LogP contribution is -2.42. The fraction of sp³-hybridized carbons (Fsp3) is 0.632. The highest BCUT2D eigenvalue weighted by Gasteiger charge is 2.17. The minimum atomic E-state index is 0. The summed E-state index contributed by atoms with van der Waals surface area (Å²) in [4.78, 5) is 6.95. The van der Waals surface area contributed by atoms with E-state index >= 15 is 0 Å². The van der Waals surface area contributed by atoms with Gasteiger partial charge in [0.1, 0.15) is 5.75 Å². The average Bonchev–Trinajstić information content (AvgIpc) is 2.59. The highest BCUT2D eigenvalue weighted by atomic mass is 127. The maximum absolute atomic E-state index is 5.36. The van der Waals surface area contributed by atoms with Gasteiger partial charge < -0.3 is 20.3 Å². The van der Waals surface area contributed by atoms with Gasteiger partial charge in [-0.1, -0.05) is 12.1 Å². The normalized spacial score (nSPS) is 13.2. The first-order valence-corrected chi connectivity index (χ1v) is 9.93. The van der Waals surface area contributed by atoms with Crippen molar-refractivity contribution in [1.29, 1.82) is 0 Å². The molecule has 2 N–H and O–H groups in total. The lowest BCUT2D eigenvalue weighted by atomic mass is 10.1. The molecule has 0 heterocycles. The molecule has 5 nitrogen and oxygen atoms in total. The molecular formula is C19H35IN4OS. The van der Waals surface area contributed by atoms with Gasteiger partial charge in [0, 0.05) is 17.8 Å². The monoisotopic (exact) mass is 494 g/mol. The van der Waals surface area contributed by atoms with Crippen molar-refractivity contribution >= 4 is 41.7 Å². The van der Waals surface area contributed by atoms with Crippen molar-refractivity contribution in [2.75, 3.05) is 47.1 Å². The number of hydrogen-bond acceptors (Lipinski definition) is 4. The fourth-order valence-corrected chi connectivity index (χ4v) is 2.51. The zero-order valence-corrected chi connectivity index (χ0v) is 20.3. The second-order valence-corrected chi connectivity index (χ2v) is 8.31. The Hall–Kier alpha value is -0.670. The Bertz CT molecular complexity index is 552. The van der Waals surface area contributed by atoms with E-state index in [1.54, 1.807) is 7.11 Å². The zero-order chi connectivity index (χ0) is 18.9. The number of methoxy groups -OCH3 is 1. The molecule has 0 aliphatic carbocycles. The van der Waals surface area contributed by atoms with E-state index in [1.807, 2.05) is 23.9 Å². The molecule has 1 atom stereocenters. The maximum atomic E-state index is 5.36. The van der Waals surface area contributed by atoms with Crippen molar-refractivity contribution in [2.45, 2.75) is 31.6 Å². The first-order valence-electron chi connectivity index (χ1n) is 8.70. The zero-order valence-electron chi connectivity index (χ0n) is 17.1. The Balaban J connectivity index is 0.00000625. The van der Waals surface area contributed by atoms with Gasteiger partial charge in [-0.2, -0.15) is 11.8 Å².